The molecule has 0 unspecified atom stereocenters. The van der Waals surface area contributed by atoms with E-state index in [2.05, 4.69) is 10.1 Å². The number of rotatable bonds is 6. The number of benzene rings is 1. The monoisotopic (exact) mass is 402 g/mol. The third-order valence-electron chi connectivity index (χ3n) is 3.58. The number of halogens is 2. The van der Waals surface area contributed by atoms with Gasteiger partial charge in [0.15, 0.2) is 0 Å². The van der Waals surface area contributed by atoms with Crippen LogP contribution in [0.15, 0.2) is 18.2 Å². The number of nitro benzene ring substituents is 2. The second-order valence-corrected chi connectivity index (χ2v) is 5.85. The van der Waals surface area contributed by atoms with Crippen LogP contribution in [0.3, 0.4) is 0 Å². The third-order valence-corrected chi connectivity index (χ3v) is 4.42. The predicted octanol–water partition coefficient (Wildman–Crippen LogP) is 3.55. The topological polar surface area (TPSA) is 130 Å². The van der Waals surface area contributed by atoms with Gasteiger partial charge in [0.1, 0.15) is 10.8 Å². The molecule has 26 heavy (non-hydrogen) atoms. The highest BCUT2D eigenvalue weighted by atomic mass is 35.5. The maximum Gasteiger partial charge on any atom is 0.340 e. The number of carbonyl (C=O) groups excluding carboxylic acids is 1. The molecule has 0 amide bonds. The van der Waals surface area contributed by atoms with E-state index < -0.39 is 27.2 Å². The molecule has 1 N–H and O–H groups in total. The average molecular weight is 403 g/mol. The first-order valence-corrected chi connectivity index (χ1v) is 7.71. The normalized spacial score (nSPS) is 10.5. The molecule has 138 valence electrons. The van der Waals surface area contributed by atoms with Gasteiger partial charge in [-0.2, -0.15) is 0 Å². The Kier molecular flexibility index (Phi) is 5.68. The van der Waals surface area contributed by atoms with Crippen molar-refractivity contribution in [1.29, 1.82) is 0 Å². The van der Waals surface area contributed by atoms with Gasteiger partial charge in [0.05, 0.1) is 40.2 Å². The Morgan fingerprint density at radius 1 is 1.23 bits per heavy atom. The van der Waals surface area contributed by atoms with Gasteiger partial charge in [0, 0.05) is 18.8 Å². The summed E-state index contributed by atoms with van der Waals surface area (Å²) in [5.74, 6) is -0.956. The number of non-ortho nitro benzene ring substituents is 1. The van der Waals surface area contributed by atoms with E-state index in [4.69, 9.17) is 23.2 Å². The predicted molar refractivity (Wildman–Crippen MR) is 93.9 cm³/mol. The highest BCUT2D eigenvalue weighted by Crippen LogP contribution is 2.35. The number of esters is 1. The summed E-state index contributed by atoms with van der Waals surface area (Å²) in [7, 11) is 2.70. The number of hydrogen-bond acceptors (Lipinski definition) is 7. The van der Waals surface area contributed by atoms with Gasteiger partial charge >= 0.3 is 5.97 Å². The molecule has 1 aromatic carbocycles. The number of ether oxygens (including phenoxy) is 1. The summed E-state index contributed by atoms with van der Waals surface area (Å²) in [5, 5.41) is 25.6. The van der Waals surface area contributed by atoms with Crippen LogP contribution in [-0.4, -0.2) is 27.5 Å². The van der Waals surface area contributed by atoms with Crippen molar-refractivity contribution >= 4 is 46.2 Å². The molecule has 0 aliphatic rings. The minimum Gasteiger partial charge on any atom is -0.465 e. The lowest BCUT2D eigenvalue weighted by Crippen LogP contribution is -2.12. The zero-order chi connectivity index (χ0) is 19.6. The minimum absolute atomic E-state index is 0.0194. The van der Waals surface area contributed by atoms with Crippen molar-refractivity contribution in [3.8, 4) is 0 Å². The molecule has 0 spiro atoms. The van der Waals surface area contributed by atoms with E-state index in [1.165, 1.54) is 0 Å². The van der Waals surface area contributed by atoms with Crippen LogP contribution in [-0.2, 0) is 18.3 Å². The Labute approximate surface area is 156 Å². The quantitative estimate of drug-likeness (QED) is 0.444. The minimum atomic E-state index is -0.956. The molecule has 1 aromatic heterocycles. The maximum atomic E-state index is 12.0. The van der Waals surface area contributed by atoms with E-state index in [9.17, 15) is 25.0 Å². The molecular weight excluding hydrogens is 391 g/mol. The van der Waals surface area contributed by atoms with E-state index in [-0.39, 0.29) is 28.0 Å². The molecule has 0 radical (unpaired) electrons. The standard InChI is InChI=1S/C14H12Cl2N4O6/c1-18-8(4-10(15)13(18)16)6-17-12-9(14(21)26-2)3-7(19(22)23)5-11(12)20(24)25/h3-5,17H,6H2,1-2H3. The summed E-state index contributed by atoms with van der Waals surface area (Å²) in [6.45, 7) is 0.0194. The molecule has 12 heteroatoms. The fourth-order valence-electron chi connectivity index (χ4n) is 2.26. The average Bonchev–Trinajstić information content (AvgIpc) is 2.85. The van der Waals surface area contributed by atoms with E-state index in [1.54, 1.807) is 17.7 Å². The Morgan fingerprint density at radius 2 is 1.88 bits per heavy atom. The second kappa shape index (κ2) is 7.58. The highest BCUT2D eigenvalue weighted by molar-refractivity contribution is 6.41. The fraction of sp³-hybridized carbons (Fsp3) is 0.214. The van der Waals surface area contributed by atoms with Crippen molar-refractivity contribution in [1.82, 2.24) is 4.57 Å². The number of nitrogens with zero attached hydrogens (tertiary/aromatic N) is 3. The molecule has 0 bridgehead atoms. The van der Waals surface area contributed by atoms with Crippen LogP contribution in [0.25, 0.3) is 0 Å². The van der Waals surface area contributed by atoms with E-state index in [0.29, 0.717) is 5.69 Å². The Balaban J connectivity index is 2.53. The van der Waals surface area contributed by atoms with Crippen LogP contribution in [0, 0.1) is 20.2 Å². The Bertz CT molecular complexity index is 911. The fourth-order valence-corrected chi connectivity index (χ4v) is 2.67. The summed E-state index contributed by atoms with van der Waals surface area (Å²) in [6, 6.07) is 3.22. The molecule has 2 aromatic rings. The van der Waals surface area contributed by atoms with Crippen molar-refractivity contribution in [3.05, 3.63) is 59.9 Å². The first kappa shape index (κ1) is 19.5. The summed E-state index contributed by atoms with van der Waals surface area (Å²) in [4.78, 5) is 32.6. The van der Waals surface area contributed by atoms with E-state index >= 15 is 0 Å². The number of anilines is 1. The van der Waals surface area contributed by atoms with Gasteiger partial charge in [-0.05, 0) is 6.07 Å². The molecule has 1 heterocycles. The van der Waals surface area contributed by atoms with Crippen molar-refractivity contribution in [3.63, 3.8) is 0 Å². The van der Waals surface area contributed by atoms with E-state index in [1.807, 2.05) is 0 Å². The smallest absolute Gasteiger partial charge is 0.340 e. The lowest BCUT2D eigenvalue weighted by atomic mass is 10.1. The van der Waals surface area contributed by atoms with Crippen LogP contribution < -0.4 is 5.32 Å². The molecule has 0 saturated heterocycles. The van der Waals surface area contributed by atoms with Gasteiger partial charge in [0.2, 0.25) is 0 Å². The second-order valence-electron chi connectivity index (χ2n) is 5.08. The molecule has 0 atom stereocenters. The molecule has 0 fully saturated rings. The third kappa shape index (κ3) is 3.70. The largest absolute Gasteiger partial charge is 0.465 e. The van der Waals surface area contributed by atoms with Gasteiger partial charge in [-0.1, -0.05) is 23.2 Å². The van der Waals surface area contributed by atoms with Crippen LogP contribution in [0.5, 0.6) is 0 Å². The lowest BCUT2D eigenvalue weighted by molar-refractivity contribution is -0.393. The number of hydrogen-bond donors (Lipinski definition) is 1. The number of methoxy groups -OCH3 is 1. The first-order chi connectivity index (χ1) is 12.2. The van der Waals surface area contributed by atoms with Crippen molar-refractivity contribution < 1.29 is 19.4 Å². The molecule has 10 nitrogen and oxygen atoms in total. The zero-order valence-electron chi connectivity index (χ0n) is 13.5. The molecular formula is C14H12Cl2N4O6. The van der Waals surface area contributed by atoms with Crippen molar-refractivity contribution in [2.45, 2.75) is 6.54 Å². The molecule has 2 rings (SSSR count). The summed E-state index contributed by atoms with van der Waals surface area (Å²) >= 11 is 11.9. The van der Waals surface area contributed by atoms with Crippen LogP contribution in [0.4, 0.5) is 17.1 Å². The Hall–Kier alpha value is -2.85. The summed E-state index contributed by atoms with van der Waals surface area (Å²) in [6.07, 6.45) is 0. The highest BCUT2D eigenvalue weighted by Gasteiger charge is 2.28. The van der Waals surface area contributed by atoms with Gasteiger partial charge in [0.25, 0.3) is 11.4 Å². The number of nitro groups is 2. The lowest BCUT2D eigenvalue weighted by Gasteiger charge is -2.12. The number of carbonyl (C=O) groups is 1. The molecule has 0 aliphatic carbocycles. The van der Waals surface area contributed by atoms with Crippen LogP contribution in [0.1, 0.15) is 16.1 Å². The van der Waals surface area contributed by atoms with Gasteiger partial charge in [-0.3, -0.25) is 20.2 Å². The summed E-state index contributed by atoms with van der Waals surface area (Å²) < 4.78 is 6.12. The number of nitrogens with one attached hydrogen (secondary N) is 1. The van der Waals surface area contributed by atoms with Crippen LogP contribution >= 0.6 is 23.2 Å². The summed E-state index contributed by atoms with van der Waals surface area (Å²) in [5.41, 5.74) is -1.21. The zero-order valence-corrected chi connectivity index (χ0v) is 15.0. The van der Waals surface area contributed by atoms with Gasteiger partial charge in [-0.25, -0.2) is 4.79 Å². The van der Waals surface area contributed by atoms with Crippen LogP contribution in [0.2, 0.25) is 10.2 Å². The first-order valence-electron chi connectivity index (χ1n) is 6.96. The van der Waals surface area contributed by atoms with Gasteiger partial charge in [-0.15, -0.1) is 0 Å². The van der Waals surface area contributed by atoms with Crippen molar-refractivity contribution in [2.24, 2.45) is 7.05 Å². The van der Waals surface area contributed by atoms with E-state index in [0.717, 1.165) is 19.2 Å². The van der Waals surface area contributed by atoms with Gasteiger partial charge < -0.3 is 14.6 Å². The SMILES string of the molecule is COC(=O)c1cc([N+](=O)[O-])cc([N+](=O)[O-])c1NCc1cc(Cl)c(Cl)n1C. The Morgan fingerprint density at radius 3 is 2.35 bits per heavy atom. The number of aromatic nitrogens is 1. The van der Waals surface area contributed by atoms with Crippen molar-refractivity contribution in [2.75, 3.05) is 12.4 Å². The molecule has 0 saturated carbocycles. The molecule has 0 aliphatic heterocycles. The maximum absolute atomic E-state index is 12.0.